The lowest BCUT2D eigenvalue weighted by molar-refractivity contribution is -0.115. The highest BCUT2D eigenvalue weighted by molar-refractivity contribution is 6.04. The molecule has 2 aliphatic carbocycles. The molecule has 2 N–H and O–H groups in total. The van der Waals surface area contributed by atoms with Gasteiger partial charge in [0.2, 0.25) is 5.95 Å². The Bertz CT molecular complexity index is 837. The van der Waals surface area contributed by atoms with Crippen molar-refractivity contribution in [2.75, 3.05) is 5.73 Å². The molecule has 4 nitrogen and oxygen atoms in total. The van der Waals surface area contributed by atoms with Gasteiger partial charge in [-0.15, -0.1) is 0 Å². The van der Waals surface area contributed by atoms with Crippen LogP contribution >= 0.6 is 0 Å². The Kier molecular flexibility index (Phi) is 3.30. The first-order chi connectivity index (χ1) is 11.2. The number of nitrogen functional groups attached to an aromatic ring is 1. The van der Waals surface area contributed by atoms with Gasteiger partial charge in [-0.2, -0.15) is 0 Å². The summed E-state index contributed by atoms with van der Waals surface area (Å²) in [7, 11) is 0. The maximum atomic E-state index is 12.3. The molecule has 1 aromatic heterocycles. The molecule has 4 rings (SSSR count). The number of rotatable bonds is 2. The highest BCUT2D eigenvalue weighted by atomic mass is 16.1. The Morgan fingerprint density at radius 1 is 1.13 bits per heavy atom. The van der Waals surface area contributed by atoms with Crippen molar-refractivity contribution in [3.05, 3.63) is 71.1 Å². The number of ketones is 1. The van der Waals surface area contributed by atoms with E-state index in [-0.39, 0.29) is 11.7 Å². The van der Waals surface area contributed by atoms with Crippen molar-refractivity contribution < 1.29 is 4.79 Å². The first-order valence-electron chi connectivity index (χ1n) is 7.83. The number of nitrogens with zero attached hydrogens (tertiary/aromatic N) is 2. The van der Waals surface area contributed by atoms with Gasteiger partial charge in [0.25, 0.3) is 0 Å². The number of hydrogen-bond acceptors (Lipinski definition) is 4. The summed E-state index contributed by atoms with van der Waals surface area (Å²) in [6.45, 7) is 0. The van der Waals surface area contributed by atoms with Crippen LogP contribution in [0.15, 0.2) is 59.8 Å². The molecule has 0 saturated heterocycles. The monoisotopic (exact) mass is 303 g/mol. The van der Waals surface area contributed by atoms with Crippen molar-refractivity contribution in [1.29, 1.82) is 0 Å². The fourth-order valence-electron chi connectivity index (χ4n) is 3.54. The minimum atomic E-state index is 0.240. The van der Waals surface area contributed by atoms with Gasteiger partial charge in [-0.1, -0.05) is 30.3 Å². The van der Waals surface area contributed by atoms with Gasteiger partial charge in [0, 0.05) is 24.1 Å². The maximum Gasteiger partial charge on any atom is 0.220 e. The van der Waals surface area contributed by atoms with E-state index in [1.54, 1.807) is 6.20 Å². The van der Waals surface area contributed by atoms with Crippen molar-refractivity contribution in [3.8, 4) is 0 Å². The molecule has 1 heterocycles. The lowest BCUT2D eigenvalue weighted by atomic mass is 9.79. The van der Waals surface area contributed by atoms with E-state index in [2.05, 4.69) is 34.2 Å². The van der Waals surface area contributed by atoms with Gasteiger partial charge in [-0.3, -0.25) is 4.79 Å². The van der Waals surface area contributed by atoms with Crippen molar-refractivity contribution in [2.24, 2.45) is 0 Å². The second-order valence-corrected chi connectivity index (χ2v) is 6.01. The highest BCUT2D eigenvalue weighted by Crippen LogP contribution is 2.45. The smallest absolute Gasteiger partial charge is 0.220 e. The summed E-state index contributed by atoms with van der Waals surface area (Å²) in [5, 5.41) is 0. The SMILES string of the molecule is Nc1nccc(C2=CC3=C(C2)C(c2ccccc2)CCC3=O)n1. The van der Waals surface area contributed by atoms with Crippen molar-refractivity contribution in [1.82, 2.24) is 9.97 Å². The van der Waals surface area contributed by atoms with Crippen molar-refractivity contribution >= 4 is 17.3 Å². The minimum Gasteiger partial charge on any atom is -0.368 e. The molecule has 4 heteroatoms. The predicted octanol–water partition coefficient (Wildman–Crippen LogP) is 3.29. The third-order valence-corrected chi connectivity index (χ3v) is 4.63. The summed E-state index contributed by atoms with van der Waals surface area (Å²) >= 11 is 0. The van der Waals surface area contributed by atoms with Crippen molar-refractivity contribution in [2.45, 2.75) is 25.2 Å². The van der Waals surface area contributed by atoms with Crippen LogP contribution in [-0.2, 0) is 4.79 Å². The molecule has 114 valence electrons. The molecule has 0 radical (unpaired) electrons. The van der Waals surface area contributed by atoms with Gasteiger partial charge in [0.05, 0.1) is 5.69 Å². The second-order valence-electron chi connectivity index (χ2n) is 6.01. The van der Waals surface area contributed by atoms with Crippen molar-refractivity contribution in [3.63, 3.8) is 0 Å². The minimum absolute atomic E-state index is 0.240. The molecule has 0 saturated carbocycles. The zero-order valence-electron chi connectivity index (χ0n) is 12.7. The largest absolute Gasteiger partial charge is 0.368 e. The number of aromatic nitrogens is 2. The average molecular weight is 303 g/mol. The lowest BCUT2D eigenvalue weighted by Crippen LogP contribution is -2.15. The summed E-state index contributed by atoms with van der Waals surface area (Å²) < 4.78 is 0. The van der Waals surface area contributed by atoms with Crippen LogP contribution in [0.25, 0.3) is 5.57 Å². The molecule has 1 unspecified atom stereocenters. The van der Waals surface area contributed by atoms with Crippen LogP contribution in [0.2, 0.25) is 0 Å². The van der Waals surface area contributed by atoms with Gasteiger partial charge in [-0.05, 0) is 41.7 Å². The number of benzene rings is 1. The molecule has 0 aliphatic heterocycles. The summed E-state index contributed by atoms with van der Waals surface area (Å²) in [6.07, 6.45) is 5.90. The van der Waals surface area contributed by atoms with Gasteiger partial charge < -0.3 is 5.73 Å². The molecule has 1 aromatic carbocycles. The third kappa shape index (κ3) is 2.46. The topological polar surface area (TPSA) is 68.9 Å². The third-order valence-electron chi connectivity index (χ3n) is 4.63. The van der Waals surface area contributed by atoms with Gasteiger partial charge >= 0.3 is 0 Å². The highest BCUT2D eigenvalue weighted by Gasteiger charge is 2.32. The van der Waals surface area contributed by atoms with E-state index in [0.29, 0.717) is 12.3 Å². The molecule has 0 amide bonds. The first-order valence-corrected chi connectivity index (χ1v) is 7.83. The number of allylic oxidation sites excluding steroid dienone is 4. The quantitative estimate of drug-likeness (QED) is 0.924. The van der Waals surface area contributed by atoms with Crippen LogP contribution in [-0.4, -0.2) is 15.8 Å². The van der Waals surface area contributed by atoms with E-state index in [0.717, 1.165) is 29.7 Å². The van der Waals surface area contributed by atoms with E-state index in [1.165, 1.54) is 11.1 Å². The second kappa shape index (κ2) is 5.47. The van der Waals surface area contributed by atoms with Crippen LogP contribution in [0, 0.1) is 0 Å². The number of carbonyl (C=O) groups is 1. The van der Waals surface area contributed by atoms with Crippen LogP contribution in [0.3, 0.4) is 0 Å². The summed E-state index contributed by atoms with van der Waals surface area (Å²) in [4.78, 5) is 20.6. The number of anilines is 1. The molecular formula is C19H17N3O. The normalized spacial score (nSPS) is 20.4. The van der Waals surface area contributed by atoms with E-state index < -0.39 is 0 Å². The summed E-state index contributed by atoms with van der Waals surface area (Å²) in [6, 6.07) is 12.3. The Labute approximate surface area is 134 Å². The summed E-state index contributed by atoms with van der Waals surface area (Å²) in [5.41, 5.74) is 10.9. The average Bonchev–Trinajstić information content (AvgIpc) is 3.02. The fraction of sp³-hybridized carbons (Fsp3) is 0.211. The number of hydrogen-bond donors (Lipinski definition) is 1. The van der Waals surface area contributed by atoms with E-state index in [1.807, 2.05) is 18.2 Å². The first kappa shape index (κ1) is 13.9. The van der Waals surface area contributed by atoms with Crippen LogP contribution in [0.4, 0.5) is 5.95 Å². The molecule has 1 atom stereocenters. The van der Waals surface area contributed by atoms with Gasteiger partial charge in [0.1, 0.15) is 0 Å². The molecule has 23 heavy (non-hydrogen) atoms. The van der Waals surface area contributed by atoms with Gasteiger partial charge in [-0.25, -0.2) is 9.97 Å². The Morgan fingerprint density at radius 3 is 2.74 bits per heavy atom. The van der Waals surface area contributed by atoms with Crippen LogP contribution in [0.5, 0.6) is 0 Å². The maximum absolute atomic E-state index is 12.3. The molecule has 0 bridgehead atoms. The standard InChI is InChI=1S/C19H17N3O/c20-19-21-9-8-17(22-19)13-10-15-14(12-4-2-1-3-5-12)6-7-18(23)16(15)11-13/h1-5,8-9,11,14H,6-7,10H2,(H2,20,21,22). The molecule has 0 fully saturated rings. The van der Waals surface area contributed by atoms with Crippen LogP contribution < -0.4 is 5.73 Å². The molecule has 0 spiro atoms. The number of nitrogens with two attached hydrogens (primary N) is 1. The number of Topliss-reactive ketones (excluding diaryl/α,β-unsaturated/α-hetero) is 1. The van der Waals surface area contributed by atoms with E-state index in [9.17, 15) is 4.79 Å². The lowest BCUT2D eigenvalue weighted by Gasteiger charge is -2.24. The Balaban J connectivity index is 1.71. The van der Waals surface area contributed by atoms with Gasteiger partial charge in [0.15, 0.2) is 5.78 Å². The van der Waals surface area contributed by atoms with Crippen LogP contribution in [0.1, 0.15) is 36.4 Å². The zero-order chi connectivity index (χ0) is 15.8. The van der Waals surface area contributed by atoms with E-state index >= 15 is 0 Å². The van der Waals surface area contributed by atoms with E-state index in [4.69, 9.17) is 5.73 Å². The zero-order valence-corrected chi connectivity index (χ0v) is 12.7. The molecular weight excluding hydrogens is 286 g/mol. The molecule has 2 aromatic rings. The molecule has 2 aliphatic rings. The predicted molar refractivity (Wildman–Crippen MR) is 89.5 cm³/mol. The Morgan fingerprint density at radius 2 is 1.96 bits per heavy atom. The summed E-state index contributed by atoms with van der Waals surface area (Å²) in [5.74, 6) is 0.820. The Hall–Kier alpha value is -2.75. The fourth-order valence-corrected chi connectivity index (χ4v) is 3.54. The number of carbonyl (C=O) groups excluding carboxylic acids is 1.